The Hall–Kier alpha value is -4.02. The summed E-state index contributed by atoms with van der Waals surface area (Å²) in [6.07, 6.45) is 2.82. The number of esters is 2. The lowest BCUT2D eigenvalue weighted by Crippen LogP contribution is -2.64. The molecule has 6 atom stereocenters. The first kappa shape index (κ1) is 25.6. The van der Waals surface area contributed by atoms with Crippen LogP contribution in [-0.2, 0) is 29.5 Å². The molecule has 3 fully saturated rings. The molecule has 0 amide bonds. The van der Waals surface area contributed by atoms with Crippen LogP contribution in [0, 0.1) is 32.8 Å². The minimum atomic E-state index is -2.04. The molecule has 200 valence electrons. The largest absolute Gasteiger partial charge is 0.478 e. The summed E-state index contributed by atoms with van der Waals surface area (Å²) in [5.74, 6) is -5.02. The molecule has 0 spiro atoms. The second-order valence-electron chi connectivity index (χ2n) is 11.0. The SMILES string of the molecule is CC12CCC(OC(=O)c3ccccc3[N+](=O)[O-])C(=O)C1C1(C)CC(C(=O)O)(c3ccoc3)OC(=O)C1CC2. The Labute approximate surface area is 217 Å². The number of carbonyl (C=O) groups is 4. The summed E-state index contributed by atoms with van der Waals surface area (Å²) < 4.78 is 16.2. The lowest BCUT2D eigenvalue weighted by molar-refractivity contribution is -0.385. The topological polar surface area (TPSA) is 163 Å². The number of carboxylic acid groups (broad SMARTS) is 1. The second kappa shape index (κ2) is 8.78. The van der Waals surface area contributed by atoms with Crippen LogP contribution in [0.4, 0.5) is 5.69 Å². The number of para-hydroxylation sites is 1. The van der Waals surface area contributed by atoms with Gasteiger partial charge in [0.25, 0.3) is 5.69 Å². The number of rotatable bonds is 5. The highest BCUT2D eigenvalue weighted by Crippen LogP contribution is 2.64. The smallest absolute Gasteiger partial charge is 0.353 e. The van der Waals surface area contributed by atoms with Crippen LogP contribution in [0.5, 0.6) is 0 Å². The Kier molecular flexibility index (Phi) is 5.92. The van der Waals surface area contributed by atoms with Gasteiger partial charge in [-0.25, -0.2) is 9.59 Å². The summed E-state index contributed by atoms with van der Waals surface area (Å²) in [7, 11) is 0. The molecule has 1 aromatic heterocycles. The van der Waals surface area contributed by atoms with E-state index in [0.29, 0.717) is 19.3 Å². The molecule has 2 aliphatic carbocycles. The second-order valence-corrected chi connectivity index (χ2v) is 11.0. The fourth-order valence-electron chi connectivity index (χ4n) is 7.11. The van der Waals surface area contributed by atoms with E-state index in [1.54, 1.807) is 6.92 Å². The molecular formula is C27H27NO10. The van der Waals surface area contributed by atoms with Gasteiger partial charge in [-0.3, -0.25) is 19.7 Å². The highest BCUT2D eigenvalue weighted by Gasteiger charge is 2.68. The van der Waals surface area contributed by atoms with E-state index in [2.05, 4.69) is 0 Å². The maximum atomic E-state index is 14.1. The van der Waals surface area contributed by atoms with E-state index in [4.69, 9.17) is 13.9 Å². The fraction of sp³-hybridized carbons (Fsp3) is 0.481. The van der Waals surface area contributed by atoms with Crippen LogP contribution in [-0.4, -0.2) is 39.8 Å². The molecule has 11 heteroatoms. The molecule has 1 N–H and O–H groups in total. The Morgan fingerprint density at radius 3 is 2.50 bits per heavy atom. The number of hydrogen-bond donors (Lipinski definition) is 1. The number of furan rings is 1. The number of hydrogen-bond acceptors (Lipinski definition) is 9. The Morgan fingerprint density at radius 2 is 1.84 bits per heavy atom. The van der Waals surface area contributed by atoms with Gasteiger partial charge in [0, 0.05) is 24.0 Å². The third-order valence-electron chi connectivity index (χ3n) is 8.83. The summed E-state index contributed by atoms with van der Waals surface area (Å²) in [6.45, 7) is 3.68. The van der Waals surface area contributed by atoms with Crippen molar-refractivity contribution in [1.82, 2.24) is 0 Å². The summed E-state index contributed by atoms with van der Waals surface area (Å²) in [6, 6.07) is 6.75. The summed E-state index contributed by atoms with van der Waals surface area (Å²) in [5, 5.41) is 21.6. The fourth-order valence-corrected chi connectivity index (χ4v) is 7.11. The zero-order valence-corrected chi connectivity index (χ0v) is 20.9. The van der Waals surface area contributed by atoms with E-state index in [1.165, 1.54) is 42.9 Å². The number of cyclic esters (lactones) is 1. The Morgan fingerprint density at radius 1 is 1.13 bits per heavy atom. The average molecular weight is 526 g/mol. The average Bonchev–Trinajstić information content (AvgIpc) is 3.40. The Bertz CT molecular complexity index is 1340. The number of nitrogens with zero attached hydrogens (tertiary/aromatic N) is 1. The number of Topliss-reactive ketones (excluding diaryl/α,β-unsaturated/α-hetero) is 1. The summed E-state index contributed by atoms with van der Waals surface area (Å²) in [5.41, 5.74) is -4.27. The van der Waals surface area contributed by atoms with E-state index < -0.39 is 68.7 Å². The highest BCUT2D eigenvalue weighted by atomic mass is 16.6. The highest BCUT2D eigenvalue weighted by molar-refractivity contribution is 5.97. The van der Waals surface area contributed by atoms with Crippen molar-refractivity contribution >= 4 is 29.4 Å². The van der Waals surface area contributed by atoms with Gasteiger partial charge in [-0.15, -0.1) is 0 Å². The van der Waals surface area contributed by atoms with Crippen molar-refractivity contribution in [2.45, 2.75) is 57.7 Å². The van der Waals surface area contributed by atoms with Gasteiger partial charge >= 0.3 is 17.9 Å². The molecule has 5 rings (SSSR count). The van der Waals surface area contributed by atoms with E-state index in [0.717, 1.165) is 0 Å². The summed E-state index contributed by atoms with van der Waals surface area (Å²) in [4.78, 5) is 63.6. The quantitative estimate of drug-likeness (QED) is 0.342. The normalized spacial score (nSPS) is 34.4. The number of nitro groups is 1. The van der Waals surface area contributed by atoms with Gasteiger partial charge in [-0.1, -0.05) is 26.0 Å². The first-order chi connectivity index (χ1) is 17.9. The molecule has 1 saturated heterocycles. The van der Waals surface area contributed by atoms with Crippen LogP contribution in [0.15, 0.2) is 47.3 Å². The van der Waals surface area contributed by atoms with Gasteiger partial charge < -0.3 is 19.0 Å². The number of ether oxygens (including phenoxy) is 2. The molecule has 0 radical (unpaired) electrons. The number of benzene rings is 1. The predicted molar refractivity (Wildman–Crippen MR) is 128 cm³/mol. The van der Waals surface area contributed by atoms with Gasteiger partial charge in [0.1, 0.15) is 5.56 Å². The van der Waals surface area contributed by atoms with Crippen molar-refractivity contribution in [3.63, 3.8) is 0 Å². The Balaban J connectivity index is 1.51. The maximum absolute atomic E-state index is 14.1. The van der Waals surface area contributed by atoms with Crippen LogP contribution in [0.2, 0.25) is 0 Å². The molecule has 11 nitrogen and oxygen atoms in total. The lowest BCUT2D eigenvalue weighted by atomic mass is 9.44. The first-order valence-corrected chi connectivity index (χ1v) is 12.4. The van der Waals surface area contributed by atoms with E-state index >= 15 is 0 Å². The molecule has 38 heavy (non-hydrogen) atoms. The molecule has 1 aliphatic heterocycles. The lowest BCUT2D eigenvalue weighted by Gasteiger charge is -2.60. The van der Waals surface area contributed by atoms with E-state index in [1.807, 2.05) is 6.92 Å². The number of carbonyl (C=O) groups excluding carboxylic acids is 3. The third kappa shape index (κ3) is 3.71. The van der Waals surface area contributed by atoms with Crippen molar-refractivity contribution in [1.29, 1.82) is 0 Å². The van der Waals surface area contributed by atoms with E-state index in [9.17, 15) is 34.4 Å². The molecule has 0 bridgehead atoms. The summed E-state index contributed by atoms with van der Waals surface area (Å²) >= 11 is 0. The molecule has 2 heterocycles. The minimum Gasteiger partial charge on any atom is -0.478 e. The molecule has 2 saturated carbocycles. The van der Waals surface area contributed by atoms with Crippen molar-refractivity contribution < 1.29 is 43.1 Å². The molecule has 6 unspecified atom stereocenters. The van der Waals surface area contributed by atoms with Crippen molar-refractivity contribution in [3.8, 4) is 0 Å². The first-order valence-electron chi connectivity index (χ1n) is 12.4. The zero-order valence-electron chi connectivity index (χ0n) is 20.9. The predicted octanol–water partition coefficient (Wildman–Crippen LogP) is 4.04. The monoisotopic (exact) mass is 525 g/mol. The van der Waals surface area contributed by atoms with Gasteiger partial charge in [0.2, 0.25) is 5.60 Å². The van der Waals surface area contributed by atoms with Gasteiger partial charge in [0.05, 0.1) is 23.4 Å². The van der Waals surface area contributed by atoms with Gasteiger partial charge in [-0.05, 0) is 48.6 Å². The maximum Gasteiger partial charge on any atom is 0.353 e. The van der Waals surface area contributed by atoms with Gasteiger partial charge in [0.15, 0.2) is 11.9 Å². The van der Waals surface area contributed by atoms with Crippen molar-refractivity contribution in [2.75, 3.05) is 0 Å². The number of aliphatic carboxylic acids is 1. The van der Waals surface area contributed by atoms with Crippen LogP contribution in [0.3, 0.4) is 0 Å². The van der Waals surface area contributed by atoms with Crippen LogP contribution >= 0.6 is 0 Å². The van der Waals surface area contributed by atoms with E-state index in [-0.39, 0.29) is 24.0 Å². The van der Waals surface area contributed by atoms with Crippen LogP contribution < -0.4 is 0 Å². The number of carboxylic acids is 1. The number of fused-ring (bicyclic) bond motifs is 3. The standard InChI is InChI=1S/C27H27NO10/c1-25-10-7-17-23(31)38-27(24(32)33,15-9-12-36-13-15)14-26(17,2)21(25)20(29)19(8-11-25)37-22(30)16-5-3-4-6-18(16)28(34)35/h3-6,9,12-13,17,19,21H,7-8,10-11,14H2,1-2H3,(H,32,33). The zero-order chi connectivity index (χ0) is 27.5. The molecule has 3 aliphatic rings. The molecular weight excluding hydrogens is 498 g/mol. The van der Waals surface area contributed by atoms with Crippen molar-refractivity contribution in [3.05, 3.63) is 64.1 Å². The molecule has 1 aromatic carbocycles. The van der Waals surface area contributed by atoms with Crippen LogP contribution in [0.1, 0.15) is 61.9 Å². The van der Waals surface area contributed by atoms with Crippen molar-refractivity contribution in [2.24, 2.45) is 22.7 Å². The molecule has 2 aromatic rings. The number of ketones is 1. The number of nitro benzene ring substituents is 1. The third-order valence-corrected chi connectivity index (χ3v) is 8.83. The van der Waals surface area contributed by atoms with Crippen LogP contribution in [0.25, 0.3) is 0 Å². The minimum absolute atomic E-state index is 0.160. The van der Waals surface area contributed by atoms with Gasteiger partial charge in [-0.2, -0.15) is 0 Å².